The van der Waals surface area contributed by atoms with Gasteiger partial charge in [-0.1, -0.05) is 20.8 Å². The van der Waals surface area contributed by atoms with Gasteiger partial charge in [0.25, 0.3) is 0 Å². The van der Waals surface area contributed by atoms with E-state index in [4.69, 9.17) is 0 Å². The minimum Gasteiger partial charge on any atom is -0.480 e. The molecule has 4 heteroatoms. The lowest BCUT2D eigenvalue weighted by Gasteiger charge is -2.38. The summed E-state index contributed by atoms with van der Waals surface area (Å²) in [6, 6.07) is 0. The van der Waals surface area contributed by atoms with E-state index in [1.54, 1.807) is 14.0 Å². The molecule has 0 bridgehead atoms. The topological polar surface area (TPSA) is 52.6 Å². The second kappa shape index (κ2) is 7.59. The molecule has 1 unspecified atom stereocenters. The fourth-order valence-corrected chi connectivity index (χ4v) is 3.18. The Kier molecular flexibility index (Phi) is 6.67. The number of carboxylic acids is 1. The highest BCUT2D eigenvalue weighted by Crippen LogP contribution is 2.34. The first-order valence-corrected chi connectivity index (χ1v) is 8.34. The number of hydrogen-bond acceptors (Lipinski definition) is 3. The maximum absolute atomic E-state index is 11.2. The zero-order chi connectivity index (χ0) is 16.1. The molecule has 124 valence electrons. The highest BCUT2D eigenvalue weighted by Gasteiger charge is 2.31. The van der Waals surface area contributed by atoms with E-state index in [1.807, 2.05) is 0 Å². The van der Waals surface area contributed by atoms with Crippen molar-refractivity contribution in [3.63, 3.8) is 0 Å². The number of nitrogens with zero attached hydrogens (tertiary/aromatic N) is 1. The molecule has 2 N–H and O–H groups in total. The number of aliphatic carboxylic acids is 1. The van der Waals surface area contributed by atoms with E-state index in [2.05, 4.69) is 31.0 Å². The van der Waals surface area contributed by atoms with Crippen molar-refractivity contribution < 1.29 is 9.90 Å². The number of hydrogen-bond donors (Lipinski definition) is 2. The van der Waals surface area contributed by atoms with E-state index in [0.717, 1.165) is 25.3 Å². The largest absolute Gasteiger partial charge is 0.480 e. The van der Waals surface area contributed by atoms with Crippen molar-refractivity contribution in [1.82, 2.24) is 10.2 Å². The highest BCUT2D eigenvalue weighted by atomic mass is 16.4. The summed E-state index contributed by atoms with van der Waals surface area (Å²) in [5.74, 6) is 0.0873. The van der Waals surface area contributed by atoms with Gasteiger partial charge in [0, 0.05) is 0 Å². The van der Waals surface area contributed by atoms with Crippen LogP contribution in [0.5, 0.6) is 0 Å². The van der Waals surface area contributed by atoms with Crippen LogP contribution in [0.15, 0.2) is 0 Å². The zero-order valence-corrected chi connectivity index (χ0v) is 14.5. The zero-order valence-electron chi connectivity index (χ0n) is 14.5. The summed E-state index contributed by atoms with van der Waals surface area (Å²) in [5, 5.41) is 12.1. The van der Waals surface area contributed by atoms with Crippen LogP contribution in [0.25, 0.3) is 0 Å². The lowest BCUT2D eigenvalue weighted by molar-refractivity contribution is -0.144. The Morgan fingerprint density at radius 2 is 1.76 bits per heavy atom. The Morgan fingerprint density at radius 3 is 2.19 bits per heavy atom. The number of piperidine rings is 1. The molecule has 0 spiro atoms. The maximum atomic E-state index is 11.2. The van der Waals surface area contributed by atoms with Gasteiger partial charge in [-0.2, -0.15) is 0 Å². The molecule has 1 fully saturated rings. The average Bonchev–Trinajstić information content (AvgIpc) is 2.42. The smallest absolute Gasteiger partial charge is 0.323 e. The van der Waals surface area contributed by atoms with Gasteiger partial charge in [-0.3, -0.25) is 4.79 Å². The normalized spacial score (nSPS) is 21.2. The van der Waals surface area contributed by atoms with Crippen LogP contribution in [0.2, 0.25) is 0 Å². The summed E-state index contributed by atoms with van der Waals surface area (Å²) < 4.78 is 0. The first-order valence-electron chi connectivity index (χ1n) is 8.34. The Hall–Kier alpha value is -0.610. The summed E-state index contributed by atoms with van der Waals surface area (Å²) in [6.45, 7) is 12.3. The Morgan fingerprint density at radius 1 is 1.19 bits per heavy atom. The molecular formula is C17H34N2O2. The maximum Gasteiger partial charge on any atom is 0.323 e. The molecule has 4 nitrogen and oxygen atoms in total. The molecule has 0 saturated carbocycles. The molecule has 1 aliphatic rings. The molecule has 0 radical (unpaired) electrons. The minimum atomic E-state index is -0.779. The Balaban J connectivity index is 2.22. The molecule has 0 amide bonds. The number of nitrogens with one attached hydrogen (secondary N) is 1. The quantitative estimate of drug-likeness (QED) is 0.710. The number of likely N-dealkylation sites (N-methyl/N-ethyl adjacent to an activating group) is 1. The summed E-state index contributed by atoms with van der Waals surface area (Å²) in [7, 11) is 1.73. The molecule has 0 aromatic rings. The van der Waals surface area contributed by atoms with Crippen LogP contribution < -0.4 is 5.32 Å². The molecule has 0 aromatic carbocycles. The van der Waals surface area contributed by atoms with Crippen molar-refractivity contribution in [2.24, 2.45) is 11.3 Å². The minimum absolute atomic E-state index is 0.433. The van der Waals surface area contributed by atoms with Crippen molar-refractivity contribution in [3.05, 3.63) is 0 Å². The van der Waals surface area contributed by atoms with Gasteiger partial charge in [-0.05, 0) is 77.0 Å². The molecule has 21 heavy (non-hydrogen) atoms. The van der Waals surface area contributed by atoms with Gasteiger partial charge in [0.15, 0.2) is 0 Å². The first-order chi connectivity index (χ1) is 9.69. The van der Waals surface area contributed by atoms with Gasteiger partial charge in [-0.25, -0.2) is 0 Å². The van der Waals surface area contributed by atoms with E-state index >= 15 is 0 Å². The SMILES string of the molecule is CNC(C)(CCCCN1CCC(C(C)(C)C)CC1)C(=O)O. The van der Waals surface area contributed by atoms with Crippen LogP contribution >= 0.6 is 0 Å². The van der Waals surface area contributed by atoms with Gasteiger partial charge in [0.1, 0.15) is 5.54 Å². The molecule has 1 saturated heterocycles. The Bertz CT molecular complexity index is 330. The molecule has 0 aliphatic carbocycles. The number of unbranched alkanes of at least 4 members (excludes halogenated alkanes) is 1. The third kappa shape index (κ3) is 5.59. The fraction of sp³-hybridized carbons (Fsp3) is 0.941. The van der Waals surface area contributed by atoms with Crippen molar-refractivity contribution in [1.29, 1.82) is 0 Å². The van der Waals surface area contributed by atoms with Gasteiger partial charge in [-0.15, -0.1) is 0 Å². The van der Waals surface area contributed by atoms with Crippen LogP contribution in [-0.4, -0.2) is 48.2 Å². The third-order valence-electron chi connectivity index (χ3n) is 5.24. The molecule has 1 heterocycles. The van der Waals surface area contributed by atoms with Crippen molar-refractivity contribution >= 4 is 5.97 Å². The average molecular weight is 298 g/mol. The van der Waals surface area contributed by atoms with E-state index in [-0.39, 0.29) is 0 Å². The van der Waals surface area contributed by atoms with Crippen molar-refractivity contribution in [3.8, 4) is 0 Å². The summed E-state index contributed by atoms with van der Waals surface area (Å²) in [6.07, 6.45) is 5.34. The highest BCUT2D eigenvalue weighted by molar-refractivity contribution is 5.78. The van der Waals surface area contributed by atoms with Gasteiger partial charge in [0.2, 0.25) is 0 Å². The summed E-state index contributed by atoms with van der Waals surface area (Å²) in [4.78, 5) is 13.7. The third-order valence-corrected chi connectivity index (χ3v) is 5.24. The predicted octanol–water partition coefficient (Wildman–Crippen LogP) is 2.98. The van der Waals surface area contributed by atoms with E-state index < -0.39 is 11.5 Å². The monoisotopic (exact) mass is 298 g/mol. The fourth-order valence-electron chi connectivity index (χ4n) is 3.18. The lowest BCUT2D eigenvalue weighted by Crippen LogP contribution is -2.47. The van der Waals surface area contributed by atoms with E-state index in [1.165, 1.54) is 25.9 Å². The van der Waals surface area contributed by atoms with Gasteiger partial charge >= 0.3 is 5.97 Å². The van der Waals surface area contributed by atoms with E-state index in [9.17, 15) is 9.90 Å². The van der Waals surface area contributed by atoms with Crippen molar-refractivity contribution in [2.45, 2.75) is 65.3 Å². The summed E-state index contributed by atoms with van der Waals surface area (Å²) >= 11 is 0. The molecule has 1 rings (SSSR count). The molecule has 1 aliphatic heterocycles. The van der Waals surface area contributed by atoms with Gasteiger partial charge in [0.05, 0.1) is 0 Å². The molecular weight excluding hydrogens is 264 g/mol. The number of likely N-dealkylation sites (tertiary alicyclic amines) is 1. The van der Waals surface area contributed by atoms with Crippen LogP contribution in [0.4, 0.5) is 0 Å². The molecule has 0 aromatic heterocycles. The van der Waals surface area contributed by atoms with Crippen LogP contribution in [0, 0.1) is 11.3 Å². The van der Waals surface area contributed by atoms with Crippen LogP contribution in [0.1, 0.15) is 59.8 Å². The number of carbonyl (C=O) groups is 1. The second-order valence-corrected chi connectivity index (χ2v) is 7.83. The Labute approximate surface area is 130 Å². The van der Waals surface area contributed by atoms with Crippen LogP contribution in [-0.2, 0) is 4.79 Å². The number of rotatable bonds is 7. The molecule has 1 atom stereocenters. The summed E-state index contributed by atoms with van der Waals surface area (Å²) in [5.41, 5.74) is -0.346. The predicted molar refractivity (Wildman–Crippen MR) is 87.6 cm³/mol. The first kappa shape index (κ1) is 18.4. The standard InChI is InChI=1S/C17H34N2O2/c1-16(2,3)14-8-12-19(13-9-14)11-7-6-10-17(4,18-5)15(20)21/h14,18H,6-13H2,1-5H3,(H,20,21). The van der Waals surface area contributed by atoms with Crippen LogP contribution in [0.3, 0.4) is 0 Å². The van der Waals surface area contributed by atoms with E-state index in [0.29, 0.717) is 11.8 Å². The van der Waals surface area contributed by atoms with Crippen molar-refractivity contribution in [2.75, 3.05) is 26.7 Å². The lowest BCUT2D eigenvalue weighted by atomic mass is 9.75. The second-order valence-electron chi connectivity index (χ2n) is 7.83. The number of carboxylic acid groups (broad SMARTS) is 1. The van der Waals surface area contributed by atoms with Gasteiger partial charge < -0.3 is 15.3 Å².